The van der Waals surface area contributed by atoms with Gasteiger partial charge in [-0.2, -0.15) is 0 Å². The first kappa shape index (κ1) is 13.4. The van der Waals surface area contributed by atoms with E-state index in [2.05, 4.69) is 0 Å². The highest BCUT2D eigenvalue weighted by Gasteiger charge is 2.34. The topological polar surface area (TPSA) is 62.5 Å². The zero-order valence-corrected chi connectivity index (χ0v) is 11.5. The number of carbonyl (C=O) groups excluding carboxylic acids is 1. The Morgan fingerprint density at radius 2 is 1.76 bits per heavy atom. The van der Waals surface area contributed by atoms with E-state index >= 15 is 0 Å². The predicted octanol–water partition coefficient (Wildman–Crippen LogP) is 2.17. The van der Waals surface area contributed by atoms with E-state index in [1.54, 1.807) is 12.1 Å². The maximum atomic E-state index is 12.4. The SMILES string of the molecule is O=C(O)C1CCCN1C(=O)c1ccc(-n2cccc2)cc1. The van der Waals surface area contributed by atoms with Crippen LogP contribution in [0.1, 0.15) is 23.2 Å². The monoisotopic (exact) mass is 284 g/mol. The third-order valence-electron chi connectivity index (χ3n) is 3.82. The normalized spacial score (nSPS) is 17.9. The summed E-state index contributed by atoms with van der Waals surface area (Å²) >= 11 is 0. The summed E-state index contributed by atoms with van der Waals surface area (Å²) in [6, 6.07) is 10.4. The fraction of sp³-hybridized carbons (Fsp3) is 0.250. The fourth-order valence-electron chi connectivity index (χ4n) is 2.72. The minimum absolute atomic E-state index is 0.209. The Kier molecular flexibility index (Phi) is 3.48. The first-order valence-electron chi connectivity index (χ1n) is 6.94. The lowest BCUT2D eigenvalue weighted by molar-refractivity contribution is -0.141. The number of aromatic nitrogens is 1. The Labute approximate surface area is 122 Å². The minimum Gasteiger partial charge on any atom is -0.480 e. The van der Waals surface area contributed by atoms with E-state index < -0.39 is 12.0 Å². The quantitative estimate of drug-likeness (QED) is 0.939. The number of nitrogens with zero attached hydrogens (tertiary/aromatic N) is 2. The molecule has 0 radical (unpaired) electrons. The lowest BCUT2D eigenvalue weighted by atomic mass is 10.1. The third kappa shape index (κ3) is 2.54. The molecule has 3 rings (SSSR count). The number of rotatable bonds is 3. The second-order valence-corrected chi connectivity index (χ2v) is 5.13. The van der Waals surface area contributed by atoms with Crippen molar-refractivity contribution in [3.05, 3.63) is 54.4 Å². The van der Waals surface area contributed by atoms with Crippen molar-refractivity contribution in [3.8, 4) is 5.69 Å². The molecule has 108 valence electrons. The summed E-state index contributed by atoms with van der Waals surface area (Å²) in [4.78, 5) is 25.0. The van der Waals surface area contributed by atoms with Crippen LogP contribution < -0.4 is 0 Å². The van der Waals surface area contributed by atoms with Crippen molar-refractivity contribution in [1.82, 2.24) is 9.47 Å². The smallest absolute Gasteiger partial charge is 0.326 e. The average Bonchev–Trinajstić information content (AvgIpc) is 3.18. The Balaban J connectivity index is 1.80. The first-order chi connectivity index (χ1) is 10.2. The summed E-state index contributed by atoms with van der Waals surface area (Å²) in [7, 11) is 0. The van der Waals surface area contributed by atoms with Crippen LogP contribution in [-0.2, 0) is 4.79 Å². The Bertz CT molecular complexity index is 647. The number of amides is 1. The number of likely N-dealkylation sites (tertiary alicyclic amines) is 1. The minimum atomic E-state index is -0.926. The molecule has 0 bridgehead atoms. The van der Waals surface area contributed by atoms with E-state index in [9.17, 15) is 9.59 Å². The van der Waals surface area contributed by atoms with Gasteiger partial charge in [-0.3, -0.25) is 4.79 Å². The summed E-state index contributed by atoms with van der Waals surface area (Å²) in [6.07, 6.45) is 5.13. The highest BCUT2D eigenvalue weighted by molar-refractivity contribution is 5.97. The molecule has 0 spiro atoms. The molecule has 1 N–H and O–H groups in total. The van der Waals surface area contributed by atoms with Gasteiger partial charge in [-0.15, -0.1) is 0 Å². The maximum absolute atomic E-state index is 12.4. The molecule has 1 unspecified atom stereocenters. The molecule has 1 aliphatic rings. The van der Waals surface area contributed by atoms with Crippen LogP contribution in [0.3, 0.4) is 0 Å². The lowest BCUT2D eigenvalue weighted by Crippen LogP contribution is -2.40. The van der Waals surface area contributed by atoms with Gasteiger partial charge < -0.3 is 14.6 Å². The van der Waals surface area contributed by atoms with Gasteiger partial charge in [0.25, 0.3) is 5.91 Å². The molecule has 1 aliphatic heterocycles. The molecular weight excluding hydrogens is 268 g/mol. The van der Waals surface area contributed by atoms with Gasteiger partial charge in [0.2, 0.25) is 0 Å². The van der Waals surface area contributed by atoms with Crippen LogP contribution in [0.25, 0.3) is 5.69 Å². The molecule has 1 amide bonds. The number of aliphatic carboxylic acids is 1. The molecule has 2 aromatic rings. The van der Waals surface area contributed by atoms with Gasteiger partial charge in [0.1, 0.15) is 6.04 Å². The van der Waals surface area contributed by atoms with E-state index in [1.165, 1.54) is 4.90 Å². The van der Waals surface area contributed by atoms with Gasteiger partial charge in [-0.05, 0) is 49.2 Å². The van der Waals surface area contributed by atoms with Crippen molar-refractivity contribution in [1.29, 1.82) is 0 Å². The number of carbonyl (C=O) groups is 2. The molecule has 0 aliphatic carbocycles. The van der Waals surface area contributed by atoms with E-state index in [0.29, 0.717) is 18.5 Å². The van der Waals surface area contributed by atoms with Crippen molar-refractivity contribution in [2.75, 3.05) is 6.54 Å². The fourth-order valence-corrected chi connectivity index (χ4v) is 2.72. The van der Waals surface area contributed by atoms with Crippen molar-refractivity contribution >= 4 is 11.9 Å². The second kappa shape index (κ2) is 5.44. The molecule has 1 aromatic carbocycles. The zero-order chi connectivity index (χ0) is 14.8. The molecule has 2 heterocycles. The van der Waals surface area contributed by atoms with Crippen molar-refractivity contribution < 1.29 is 14.7 Å². The molecular formula is C16H16N2O3. The molecule has 1 atom stereocenters. The predicted molar refractivity (Wildman–Crippen MR) is 77.5 cm³/mol. The standard InChI is InChI=1S/C16H16N2O3/c19-15(18-11-3-4-14(18)16(20)21)12-5-7-13(8-6-12)17-9-1-2-10-17/h1-2,5-10,14H,3-4,11H2,(H,20,21). The number of carboxylic acids is 1. The Morgan fingerprint density at radius 3 is 2.38 bits per heavy atom. The van der Waals surface area contributed by atoms with Crippen LogP contribution in [0, 0.1) is 0 Å². The molecule has 1 fully saturated rings. The molecule has 5 nitrogen and oxygen atoms in total. The highest BCUT2D eigenvalue weighted by Crippen LogP contribution is 2.21. The Morgan fingerprint density at radius 1 is 1.10 bits per heavy atom. The van der Waals surface area contributed by atoms with Gasteiger partial charge >= 0.3 is 5.97 Å². The van der Waals surface area contributed by atoms with Crippen molar-refractivity contribution in [2.24, 2.45) is 0 Å². The van der Waals surface area contributed by atoms with E-state index in [4.69, 9.17) is 5.11 Å². The van der Waals surface area contributed by atoms with Gasteiger partial charge in [-0.1, -0.05) is 0 Å². The molecule has 21 heavy (non-hydrogen) atoms. The van der Waals surface area contributed by atoms with Gasteiger partial charge in [-0.25, -0.2) is 4.79 Å². The van der Waals surface area contributed by atoms with Gasteiger partial charge in [0, 0.05) is 30.2 Å². The van der Waals surface area contributed by atoms with E-state index in [1.807, 2.05) is 41.2 Å². The van der Waals surface area contributed by atoms with Crippen LogP contribution in [0.15, 0.2) is 48.8 Å². The zero-order valence-electron chi connectivity index (χ0n) is 11.5. The summed E-state index contributed by atoms with van der Waals surface area (Å²) in [6.45, 7) is 0.509. The van der Waals surface area contributed by atoms with Crippen LogP contribution in [0.2, 0.25) is 0 Å². The average molecular weight is 284 g/mol. The van der Waals surface area contributed by atoms with Gasteiger partial charge in [0.05, 0.1) is 0 Å². The second-order valence-electron chi connectivity index (χ2n) is 5.13. The molecule has 1 saturated heterocycles. The summed E-state index contributed by atoms with van der Waals surface area (Å²) in [5.74, 6) is -1.14. The van der Waals surface area contributed by atoms with Gasteiger partial charge in [0.15, 0.2) is 0 Å². The summed E-state index contributed by atoms with van der Waals surface area (Å²) in [5, 5.41) is 9.15. The number of hydrogen-bond acceptors (Lipinski definition) is 2. The maximum Gasteiger partial charge on any atom is 0.326 e. The molecule has 0 saturated carbocycles. The Hall–Kier alpha value is -2.56. The summed E-state index contributed by atoms with van der Waals surface area (Å²) in [5.41, 5.74) is 1.49. The number of benzene rings is 1. The highest BCUT2D eigenvalue weighted by atomic mass is 16.4. The first-order valence-corrected chi connectivity index (χ1v) is 6.94. The van der Waals surface area contributed by atoms with Crippen molar-refractivity contribution in [2.45, 2.75) is 18.9 Å². The third-order valence-corrected chi connectivity index (χ3v) is 3.82. The molecule has 5 heteroatoms. The van der Waals surface area contributed by atoms with Crippen molar-refractivity contribution in [3.63, 3.8) is 0 Å². The number of hydrogen-bond donors (Lipinski definition) is 1. The van der Waals surface area contributed by atoms with Crippen LogP contribution >= 0.6 is 0 Å². The van der Waals surface area contributed by atoms with E-state index in [-0.39, 0.29) is 5.91 Å². The van der Waals surface area contributed by atoms with Crippen LogP contribution in [-0.4, -0.2) is 39.0 Å². The van der Waals surface area contributed by atoms with Crippen LogP contribution in [0.5, 0.6) is 0 Å². The number of carboxylic acid groups (broad SMARTS) is 1. The van der Waals surface area contributed by atoms with E-state index in [0.717, 1.165) is 12.1 Å². The largest absolute Gasteiger partial charge is 0.480 e. The lowest BCUT2D eigenvalue weighted by Gasteiger charge is -2.21. The summed E-state index contributed by atoms with van der Waals surface area (Å²) < 4.78 is 1.95. The van der Waals surface area contributed by atoms with Crippen LogP contribution in [0.4, 0.5) is 0 Å². The molecule has 1 aromatic heterocycles.